The van der Waals surface area contributed by atoms with E-state index in [-0.39, 0.29) is 12.1 Å². The van der Waals surface area contributed by atoms with E-state index < -0.39 is 29.0 Å². The van der Waals surface area contributed by atoms with E-state index in [9.17, 15) is 17.6 Å². The largest absolute Gasteiger partial charge is 0.373 e. The number of hydrogen-bond acceptors (Lipinski definition) is 2. The number of halogens is 4. The Bertz CT molecular complexity index is 627. The van der Waals surface area contributed by atoms with Gasteiger partial charge < -0.3 is 5.32 Å². The molecule has 3 rings (SSSR count). The second-order valence-electron chi connectivity index (χ2n) is 4.73. The lowest BCUT2D eigenvalue weighted by atomic mass is 9.94. The van der Waals surface area contributed by atoms with Crippen LogP contribution < -0.4 is 5.32 Å². The molecular weight excluding hydrogens is 290 g/mol. The summed E-state index contributed by atoms with van der Waals surface area (Å²) in [6.07, 6.45) is 2.46. The van der Waals surface area contributed by atoms with Crippen LogP contribution in [0.4, 0.5) is 23.2 Å². The van der Waals surface area contributed by atoms with Crippen molar-refractivity contribution in [1.82, 2.24) is 0 Å². The molecule has 0 radical (unpaired) electrons. The SMILES string of the molecule is Fc1cc(F)c(F)c(NC2CCCc3sccc32)c1F. The van der Waals surface area contributed by atoms with Crippen LogP contribution in [0.2, 0.25) is 0 Å². The highest BCUT2D eigenvalue weighted by Crippen LogP contribution is 2.37. The first-order valence-electron chi connectivity index (χ1n) is 6.23. The van der Waals surface area contributed by atoms with E-state index in [4.69, 9.17) is 0 Å². The highest BCUT2D eigenvalue weighted by Gasteiger charge is 2.25. The molecule has 1 aliphatic carbocycles. The second-order valence-corrected chi connectivity index (χ2v) is 5.73. The topological polar surface area (TPSA) is 12.0 Å². The van der Waals surface area contributed by atoms with Crippen LogP contribution in [0.5, 0.6) is 0 Å². The van der Waals surface area contributed by atoms with Gasteiger partial charge in [-0.05, 0) is 36.3 Å². The maximum Gasteiger partial charge on any atom is 0.185 e. The number of rotatable bonds is 2. The summed E-state index contributed by atoms with van der Waals surface area (Å²) in [5.41, 5.74) is 0.219. The Labute approximate surface area is 117 Å². The highest BCUT2D eigenvalue weighted by atomic mass is 32.1. The molecule has 1 aromatic heterocycles. The van der Waals surface area contributed by atoms with Crippen LogP contribution in [0.15, 0.2) is 17.5 Å². The van der Waals surface area contributed by atoms with E-state index in [2.05, 4.69) is 5.32 Å². The van der Waals surface area contributed by atoms with Crippen LogP contribution in [-0.2, 0) is 6.42 Å². The zero-order chi connectivity index (χ0) is 14.3. The smallest absolute Gasteiger partial charge is 0.185 e. The molecule has 1 aromatic carbocycles. The van der Waals surface area contributed by atoms with Crippen molar-refractivity contribution in [1.29, 1.82) is 0 Å². The standard InChI is InChI=1S/C14H11F4NS/c15-8-6-9(16)13(18)14(12(8)17)19-10-2-1-3-11-7(10)4-5-20-11/h4-6,10,19H,1-3H2. The number of anilines is 1. The monoisotopic (exact) mass is 301 g/mol. The normalized spacial score (nSPS) is 17.9. The summed E-state index contributed by atoms with van der Waals surface area (Å²) in [7, 11) is 0. The maximum absolute atomic E-state index is 13.7. The van der Waals surface area contributed by atoms with Gasteiger partial charge in [0.25, 0.3) is 0 Å². The average Bonchev–Trinajstić information content (AvgIpc) is 2.90. The Hall–Kier alpha value is -1.56. The van der Waals surface area contributed by atoms with E-state index >= 15 is 0 Å². The summed E-state index contributed by atoms with van der Waals surface area (Å²) >= 11 is 1.58. The molecule has 20 heavy (non-hydrogen) atoms. The molecule has 0 spiro atoms. The number of nitrogens with one attached hydrogen (secondary N) is 1. The Morgan fingerprint density at radius 3 is 2.50 bits per heavy atom. The molecule has 6 heteroatoms. The molecule has 0 aliphatic heterocycles. The minimum Gasteiger partial charge on any atom is -0.373 e. The predicted octanol–water partition coefficient (Wildman–Crippen LogP) is 4.79. The van der Waals surface area contributed by atoms with Crippen molar-refractivity contribution in [2.45, 2.75) is 25.3 Å². The molecule has 1 unspecified atom stereocenters. The summed E-state index contributed by atoms with van der Waals surface area (Å²) in [4.78, 5) is 1.14. The zero-order valence-corrected chi connectivity index (χ0v) is 11.2. The van der Waals surface area contributed by atoms with E-state index in [1.807, 2.05) is 11.4 Å². The molecule has 1 aliphatic rings. The van der Waals surface area contributed by atoms with Crippen LogP contribution >= 0.6 is 11.3 Å². The van der Waals surface area contributed by atoms with Crippen molar-refractivity contribution in [3.05, 3.63) is 51.2 Å². The first kappa shape index (κ1) is 13.4. The lowest BCUT2D eigenvalue weighted by molar-refractivity contribution is 0.455. The van der Waals surface area contributed by atoms with Crippen molar-refractivity contribution in [3.63, 3.8) is 0 Å². The quantitative estimate of drug-likeness (QED) is 0.621. The molecular formula is C14H11F4NS. The average molecular weight is 301 g/mol. The molecule has 0 saturated carbocycles. The Balaban J connectivity index is 1.98. The molecule has 0 amide bonds. The second kappa shape index (κ2) is 5.09. The third-order valence-corrected chi connectivity index (χ3v) is 4.48. The Kier molecular flexibility index (Phi) is 3.41. The fraction of sp³-hybridized carbons (Fsp3) is 0.286. The summed E-state index contributed by atoms with van der Waals surface area (Å²) in [5.74, 6) is -5.56. The number of hydrogen-bond donors (Lipinski definition) is 1. The predicted molar refractivity (Wildman–Crippen MR) is 69.9 cm³/mol. The van der Waals surface area contributed by atoms with Gasteiger partial charge in [-0.1, -0.05) is 0 Å². The summed E-state index contributed by atoms with van der Waals surface area (Å²) in [5, 5.41) is 4.52. The molecule has 1 N–H and O–H groups in total. The highest BCUT2D eigenvalue weighted by molar-refractivity contribution is 7.10. The van der Waals surface area contributed by atoms with Gasteiger partial charge in [-0.15, -0.1) is 11.3 Å². The third-order valence-electron chi connectivity index (χ3n) is 3.48. The molecule has 1 nitrogen and oxygen atoms in total. The summed E-state index contributed by atoms with van der Waals surface area (Å²) in [6.45, 7) is 0. The maximum atomic E-state index is 13.7. The lowest BCUT2D eigenvalue weighted by Gasteiger charge is -2.25. The molecule has 0 saturated heterocycles. The number of thiophene rings is 1. The number of benzene rings is 1. The van der Waals surface area contributed by atoms with Gasteiger partial charge in [0.2, 0.25) is 0 Å². The molecule has 106 valence electrons. The molecule has 0 fully saturated rings. The van der Waals surface area contributed by atoms with Crippen molar-refractivity contribution in [2.24, 2.45) is 0 Å². The number of fused-ring (bicyclic) bond motifs is 1. The third kappa shape index (κ3) is 2.18. The van der Waals surface area contributed by atoms with Crippen molar-refractivity contribution >= 4 is 17.0 Å². The first-order valence-corrected chi connectivity index (χ1v) is 7.11. The van der Waals surface area contributed by atoms with Gasteiger partial charge in [-0.25, -0.2) is 17.6 Å². The van der Waals surface area contributed by atoms with Crippen LogP contribution in [0.25, 0.3) is 0 Å². The van der Waals surface area contributed by atoms with E-state index in [1.165, 1.54) is 0 Å². The van der Waals surface area contributed by atoms with Crippen LogP contribution in [-0.4, -0.2) is 0 Å². The molecule has 1 heterocycles. The van der Waals surface area contributed by atoms with Gasteiger partial charge in [-0.2, -0.15) is 0 Å². The fourth-order valence-corrected chi connectivity index (χ4v) is 3.50. The van der Waals surface area contributed by atoms with Gasteiger partial charge in [0, 0.05) is 10.9 Å². The van der Waals surface area contributed by atoms with Gasteiger partial charge in [0.05, 0.1) is 6.04 Å². The van der Waals surface area contributed by atoms with Gasteiger partial charge in [0.15, 0.2) is 23.3 Å². The van der Waals surface area contributed by atoms with Crippen LogP contribution in [0, 0.1) is 23.3 Å². The van der Waals surface area contributed by atoms with E-state index in [1.54, 1.807) is 11.3 Å². The van der Waals surface area contributed by atoms with Crippen LogP contribution in [0.3, 0.4) is 0 Å². The van der Waals surface area contributed by atoms with E-state index in [0.717, 1.165) is 23.3 Å². The molecule has 1 atom stereocenters. The minimum atomic E-state index is -1.40. The molecule has 2 aromatic rings. The van der Waals surface area contributed by atoms with Crippen molar-refractivity contribution in [2.75, 3.05) is 5.32 Å². The summed E-state index contributed by atoms with van der Waals surface area (Å²) in [6, 6.07) is 1.77. The van der Waals surface area contributed by atoms with E-state index in [0.29, 0.717) is 6.42 Å². The zero-order valence-electron chi connectivity index (χ0n) is 10.4. The van der Waals surface area contributed by atoms with Crippen molar-refractivity contribution in [3.8, 4) is 0 Å². The van der Waals surface area contributed by atoms with Crippen LogP contribution in [0.1, 0.15) is 29.3 Å². The number of aryl methyl sites for hydroxylation is 1. The fourth-order valence-electron chi connectivity index (χ4n) is 2.51. The Morgan fingerprint density at radius 1 is 1.10 bits per heavy atom. The lowest BCUT2D eigenvalue weighted by Crippen LogP contribution is -2.18. The minimum absolute atomic E-state index is 0.215. The van der Waals surface area contributed by atoms with Gasteiger partial charge in [-0.3, -0.25) is 0 Å². The van der Waals surface area contributed by atoms with Gasteiger partial charge >= 0.3 is 0 Å². The molecule has 0 bridgehead atoms. The Morgan fingerprint density at radius 2 is 1.80 bits per heavy atom. The summed E-state index contributed by atoms with van der Waals surface area (Å²) < 4.78 is 53.7. The van der Waals surface area contributed by atoms with Gasteiger partial charge in [0.1, 0.15) is 5.69 Å². The van der Waals surface area contributed by atoms with Crippen molar-refractivity contribution < 1.29 is 17.6 Å². The first-order chi connectivity index (χ1) is 9.58.